The number of oxazole rings is 1. The standard InChI is InChI=1S/C22H43F3.C7H5NO2S/c1-5-6-7-11-14-17-20(21(2,3)4)18-15-12-9-8-10-13-16-19-22(23,24)25;9-7-8(11)5-3-1-2-4-6(5)10-7/h20H,5-19H2,1-4H3;1-4,11H. The van der Waals surface area contributed by atoms with Gasteiger partial charge in [-0.25, -0.2) is 8.77 Å². The van der Waals surface area contributed by atoms with Gasteiger partial charge in [-0.1, -0.05) is 123 Å². The Morgan fingerprint density at radius 2 is 1.33 bits per heavy atom. The van der Waals surface area contributed by atoms with Crippen LogP contribution in [0, 0.1) is 11.3 Å². The highest BCUT2D eigenvalue weighted by Gasteiger charge is 2.25. The molecule has 1 aromatic carbocycles. The van der Waals surface area contributed by atoms with E-state index in [0.717, 1.165) is 25.2 Å². The molecule has 2 rings (SSSR count). The Hall–Kier alpha value is -1.37. The average molecular weight is 532 g/mol. The molecule has 1 atom stereocenters. The summed E-state index contributed by atoms with van der Waals surface area (Å²) in [6, 6.07) is 7.12. The van der Waals surface area contributed by atoms with Crippen molar-refractivity contribution in [1.82, 2.24) is 3.97 Å². The number of rotatable bonds is 15. The highest BCUT2D eigenvalue weighted by Crippen LogP contribution is 2.34. The molecule has 36 heavy (non-hydrogen) atoms. The number of alkyl halides is 3. The Morgan fingerprint density at radius 3 is 1.83 bits per heavy atom. The van der Waals surface area contributed by atoms with Gasteiger partial charge in [0, 0.05) is 6.42 Å². The Balaban J connectivity index is 0.000000479. The quantitative estimate of drug-likeness (QED) is 0.183. The summed E-state index contributed by atoms with van der Waals surface area (Å²) in [5, 5.41) is 0. The van der Waals surface area contributed by atoms with Gasteiger partial charge in [-0.05, 0) is 42.7 Å². The molecular weight excluding hydrogens is 483 g/mol. The largest absolute Gasteiger partial charge is 0.430 e. The van der Waals surface area contributed by atoms with Gasteiger partial charge >= 0.3 is 11.9 Å². The summed E-state index contributed by atoms with van der Waals surface area (Å²) < 4.78 is 42.2. The molecule has 0 bridgehead atoms. The summed E-state index contributed by atoms with van der Waals surface area (Å²) in [7, 11) is 0. The zero-order valence-electron chi connectivity index (χ0n) is 22.8. The first-order chi connectivity index (χ1) is 17.0. The fraction of sp³-hybridized carbons (Fsp3) is 0.759. The zero-order valence-corrected chi connectivity index (χ0v) is 23.7. The predicted molar refractivity (Wildman–Crippen MR) is 149 cm³/mol. The summed E-state index contributed by atoms with van der Waals surface area (Å²) in [4.78, 5) is 10.9. The zero-order chi connectivity index (χ0) is 27.0. The number of unbranched alkanes of at least 4 members (excludes halogenated alkanes) is 10. The maximum Gasteiger partial charge on any atom is 0.430 e. The van der Waals surface area contributed by atoms with Gasteiger partial charge in [-0.15, -0.1) is 0 Å². The number of aromatic nitrogens is 1. The molecule has 0 aliphatic carbocycles. The van der Waals surface area contributed by atoms with Crippen LogP contribution in [0.15, 0.2) is 33.5 Å². The Labute approximate surface area is 221 Å². The molecule has 0 N–H and O–H groups in total. The minimum absolute atomic E-state index is 0.299. The van der Waals surface area contributed by atoms with Gasteiger partial charge in [-0.2, -0.15) is 13.2 Å². The first-order valence-corrected chi connectivity index (χ1v) is 14.2. The van der Waals surface area contributed by atoms with E-state index < -0.39 is 18.4 Å². The van der Waals surface area contributed by atoms with Crippen molar-refractivity contribution < 1.29 is 17.6 Å². The van der Waals surface area contributed by atoms with E-state index in [-0.39, 0.29) is 0 Å². The highest BCUT2D eigenvalue weighted by molar-refractivity contribution is 7.78. The Kier molecular flexibility index (Phi) is 15.6. The number of nitrogens with zero attached hydrogens (tertiary/aromatic N) is 1. The van der Waals surface area contributed by atoms with Gasteiger partial charge in [-0.3, -0.25) is 0 Å². The molecule has 3 nitrogen and oxygen atoms in total. The van der Waals surface area contributed by atoms with E-state index in [1.54, 1.807) is 18.2 Å². The molecule has 0 aliphatic rings. The molecule has 1 unspecified atom stereocenters. The van der Waals surface area contributed by atoms with Gasteiger partial charge in [0.2, 0.25) is 0 Å². The van der Waals surface area contributed by atoms with E-state index in [1.807, 2.05) is 6.07 Å². The number of fused-ring (bicyclic) bond motifs is 1. The van der Waals surface area contributed by atoms with E-state index in [0.29, 0.717) is 22.9 Å². The van der Waals surface area contributed by atoms with Crippen LogP contribution in [0.5, 0.6) is 0 Å². The fourth-order valence-corrected chi connectivity index (χ4v) is 4.76. The summed E-state index contributed by atoms with van der Waals surface area (Å²) in [6.45, 7) is 9.35. The molecule has 0 radical (unpaired) electrons. The Bertz CT molecular complexity index is 883. The number of thiol groups is 1. The number of halogens is 3. The SMILES string of the molecule is CCCCCCCC(CCCCCCCCCC(F)(F)F)C(C)(C)C.O=c1oc2ccccc2n1S. The van der Waals surface area contributed by atoms with E-state index >= 15 is 0 Å². The molecule has 0 spiro atoms. The summed E-state index contributed by atoms with van der Waals surface area (Å²) >= 11 is 3.93. The van der Waals surface area contributed by atoms with Crippen LogP contribution in [-0.2, 0) is 0 Å². The van der Waals surface area contributed by atoms with E-state index in [4.69, 9.17) is 4.42 Å². The molecule has 0 saturated carbocycles. The van der Waals surface area contributed by atoms with Crippen molar-refractivity contribution >= 4 is 23.9 Å². The average Bonchev–Trinajstić information content (AvgIpc) is 3.09. The first kappa shape index (κ1) is 32.7. The minimum atomic E-state index is -3.97. The molecule has 1 heterocycles. The maximum absolute atomic E-state index is 12.1. The van der Waals surface area contributed by atoms with Crippen molar-refractivity contribution in [3.8, 4) is 0 Å². The highest BCUT2D eigenvalue weighted by atomic mass is 32.1. The van der Waals surface area contributed by atoms with Crippen molar-refractivity contribution in [3.63, 3.8) is 0 Å². The molecule has 0 fully saturated rings. The molecule has 0 amide bonds. The minimum Gasteiger partial charge on any atom is -0.407 e. The summed E-state index contributed by atoms with van der Waals surface area (Å²) in [5.74, 6) is 0.357. The number of benzene rings is 1. The summed E-state index contributed by atoms with van der Waals surface area (Å²) in [5.41, 5.74) is 1.65. The van der Waals surface area contributed by atoms with Crippen LogP contribution in [0.3, 0.4) is 0 Å². The molecule has 0 saturated heterocycles. The molecular formula is C29H48F3NO2S. The van der Waals surface area contributed by atoms with Gasteiger partial charge in [0.25, 0.3) is 0 Å². The number of hydrogen-bond acceptors (Lipinski definition) is 3. The third-order valence-electron chi connectivity index (χ3n) is 6.86. The lowest BCUT2D eigenvalue weighted by atomic mass is 9.75. The van der Waals surface area contributed by atoms with Gasteiger partial charge < -0.3 is 4.42 Å². The maximum atomic E-state index is 12.1. The lowest BCUT2D eigenvalue weighted by molar-refractivity contribution is -0.135. The van der Waals surface area contributed by atoms with E-state index in [2.05, 4.69) is 40.5 Å². The van der Waals surface area contributed by atoms with Crippen molar-refractivity contribution in [1.29, 1.82) is 0 Å². The summed E-state index contributed by atoms with van der Waals surface area (Å²) in [6.07, 6.45) is 11.6. The topological polar surface area (TPSA) is 35.1 Å². The van der Waals surface area contributed by atoms with E-state index in [1.165, 1.54) is 68.2 Å². The van der Waals surface area contributed by atoms with Gasteiger partial charge in [0.05, 0.1) is 0 Å². The Morgan fingerprint density at radius 1 is 0.833 bits per heavy atom. The molecule has 208 valence electrons. The lowest BCUT2D eigenvalue weighted by Crippen LogP contribution is -2.20. The number of para-hydroxylation sites is 2. The second-order valence-corrected chi connectivity index (χ2v) is 11.4. The number of hydrogen-bond donors (Lipinski definition) is 1. The normalized spacial score (nSPS) is 13.0. The first-order valence-electron chi connectivity index (χ1n) is 13.8. The smallest absolute Gasteiger partial charge is 0.407 e. The molecule has 1 aromatic heterocycles. The third kappa shape index (κ3) is 14.4. The van der Waals surface area contributed by atoms with Crippen LogP contribution >= 0.6 is 12.8 Å². The lowest BCUT2D eigenvalue weighted by Gasteiger charge is -2.31. The third-order valence-corrected chi connectivity index (χ3v) is 7.24. The second-order valence-electron chi connectivity index (χ2n) is 11.0. The molecule has 2 aromatic rings. The second kappa shape index (κ2) is 17.2. The fourth-order valence-electron chi connectivity index (χ4n) is 4.56. The van der Waals surface area contributed by atoms with Crippen LogP contribution in [0.2, 0.25) is 0 Å². The van der Waals surface area contributed by atoms with E-state index in [9.17, 15) is 18.0 Å². The van der Waals surface area contributed by atoms with Crippen molar-refractivity contribution in [2.45, 2.75) is 130 Å². The monoisotopic (exact) mass is 531 g/mol. The van der Waals surface area contributed by atoms with Gasteiger partial charge in [0.1, 0.15) is 5.52 Å². The van der Waals surface area contributed by atoms with Crippen LogP contribution < -0.4 is 5.76 Å². The van der Waals surface area contributed by atoms with Crippen LogP contribution in [-0.4, -0.2) is 10.1 Å². The van der Waals surface area contributed by atoms with Crippen molar-refractivity contribution in [2.24, 2.45) is 11.3 Å². The van der Waals surface area contributed by atoms with Crippen LogP contribution in [0.1, 0.15) is 124 Å². The van der Waals surface area contributed by atoms with Crippen LogP contribution in [0.4, 0.5) is 13.2 Å². The predicted octanol–water partition coefficient (Wildman–Crippen LogP) is 10.4. The van der Waals surface area contributed by atoms with Crippen LogP contribution in [0.25, 0.3) is 11.1 Å². The van der Waals surface area contributed by atoms with Crippen molar-refractivity contribution in [2.75, 3.05) is 0 Å². The van der Waals surface area contributed by atoms with Gasteiger partial charge in [0.15, 0.2) is 5.58 Å². The molecule has 7 heteroatoms. The molecule has 0 aliphatic heterocycles. The van der Waals surface area contributed by atoms with Crippen molar-refractivity contribution in [3.05, 3.63) is 34.8 Å².